The number of nitrogens with zero attached hydrogens (tertiary/aromatic N) is 1. The molecule has 236 valence electrons. The molecule has 0 spiro atoms. The lowest BCUT2D eigenvalue weighted by Crippen LogP contribution is -2.55. The minimum absolute atomic E-state index is 0.0678. The molecule has 0 saturated carbocycles. The van der Waals surface area contributed by atoms with Crippen LogP contribution in [-0.4, -0.2) is 51.5 Å². The third kappa shape index (κ3) is 10.9. The van der Waals surface area contributed by atoms with E-state index in [2.05, 4.69) is 24.5 Å². The molecule has 2 aromatic carbocycles. The minimum atomic E-state index is -1.21. The summed E-state index contributed by atoms with van der Waals surface area (Å²) in [6, 6.07) is 9.00. The molecule has 0 radical (unpaired) electrons. The molecule has 0 aliphatic rings. The fraction of sp³-hybridized carbons (Fsp3) is 0.515. The molecule has 0 aromatic heterocycles. The van der Waals surface area contributed by atoms with Gasteiger partial charge in [-0.1, -0.05) is 44.2 Å². The molecule has 0 aliphatic heterocycles. The van der Waals surface area contributed by atoms with E-state index in [1.807, 2.05) is 39.0 Å². The quantitative estimate of drug-likeness (QED) is 0.240. The van der Waals surface area contributed by atoms with Crippen molar-refractivity contribution >= 4 is 29.5 Å². The first-order valence-corrected chi connectivity index (χ1v) is 14.8. The molecule has 0 bridgehead atoms. The third-order valence-corrected chi connectivity index (χ3v) is 7.00. The third-order valence-electron chi connectivity index (χ3n) is 7.00. The van der Waals surface area contributed by atoms with Crippen LogP contribution >= 0.6 is 0 Å². The first-order valence-electron chi connectivity index (χ1n) is 14.8. The lowest BCUT2D eigenvalue weighted by atomic mass is 9.96. The number of anilines is 1. The molecule has 2 aromatic rings. The van der Waals surface area contributed by atoms with Crippen LogP contribution in [0.4, 0.5) is 10.5 Å². The van der Waals surface area contributed by atoms with Gasteiger partial charge in [0, 0.05) is 18.2 Å². The molecule has 0 aliphatic carbocycles. The van der Waals surface area contributed by atoms with Gasteiger partial charge in [-0.15, -0.1) is 0 Å². The predicted molar refractivity (Wildman–Crippen MR) is 167 cm³/mol. The van der Waals surface area contributed by atoms with Crippen LogP contribution in [0.3, 0.4) is 0 Å². The van der Waals surface area contributed by atoms with Gasteiger partial charge < -0.3 is 31.1 Å². The molecule has 10 heteroatoms. The van der Waals surface area contributed by atoms with Crippen molar-refractivity contribution in [2.45, 2.75) is 105 Å². The molecule has 10 nitrogen and oxygen atoms in total. The highest BCUT2D eigenvalue weighted by molar-refractivity contribution is 6.00. The van der Waals surface area contributed by atoms with E-state index in [1.165, 1.54) is 17.0 Å². The Kier molecular flexibility index (Phi) is 12.6. The van der Waals surface area contributed by atoms with Crippen molar-refractivity contribution in [2.75, 3.05) is 5.32 Å². The SMILES string of the molecule is Cc1cccc(C)c1NC(=O)C(c1cccc(O)c1)N(C(=O)C(CCC(N)=O)NC(=O)OC(C)(C)C)C(C)CCC(C)C. The number of benzene rings is 2. The smallest absolute Gasteiger partial charge is 0.408 e. The largest absolute Gasteiger partial charge is 0.508 e. The van der Waals surface area contributed by atoms with Crippen LogP contribution in [0.15, 0.2) is 42.5 Å². The van der Waals surface area contributed by atoms with Gasteiger partial charge in [0.05, 0.1) is 0 Å². The number of para-hydroxylation sites is 1. The molecule has 3 atom stereocenters. The van der Waals surface area contributed by atoms with Gasteiger partial charge in [0.15, 0.2) is 0 Å². The lowest BCUT2D eigenvalue weighted by Gasteiger charge is -2.39. The van der Waals surface area contributed by atoms with Gasteiger partial charge in [0.1, 0.15) is 23.4 Å². The van der Waals surface area contributed by atoms with Crippen molar-refractivity contribution < 1.29 is 29.0 Å². The summed E-state index contributed by atoms with van der Waals surface area (Å²) in [6.45, 7) is 14.8. The lowest BCUT2D eigenvalue weighted by molar-refractivity contribution is -0.143. The normalized spacial score (nSPS) is 13.5. The first kappa shape index (κ1) is 35.1. The molecule has 0 heterocycles. The van der Waals surface area contributed by atoms with Crippen molar-refractivity contribution in [3.63, 3.8) is 0 Å². The number of rotatable bonds is 13. The number of aryl methyl sites for hydroxylation is 2. The average Bonchev–Trinajstić information content (AvgIpc) is 2.88. The van der Waals surface area contributed by atoms with Crippen LogP contribution in [0.25, 0.3) is 0 Å². The van der Waals surface area contributed by atoms with Crippen LogP contribution < -0.4 is 16.4 Å². The van der Waals surface area contributed by atoms with Gasteiger partial charge in [-0.2, -0.15) is 0 Å². The molecule has 5 N–H and O–H groups in total. The number of hydrogen-bond donors (Lipinski definition) is 4. The zero-order chi connectivity index (χ0) is 32.5. The maximum absolute atomic E-state index is 14.5. The number of nitrogens with one attached hydrogen (secondary N) is 2. The number of primary amides is 1. The molecule has 3 unspecified atom stereocenters. The number of nitrogens with two attached hydrogens (primary N) is 1. The van der Waals surface area contributed by atoms with Crippen molar-refractivity contribution in [1.82, 2.24) is 10.2 Å². The number of phenols is 1. The number of amides is 4. The fourth-order valence-electron chi connectivity index (χ4n) is 4.82. The molecule has 2 rings (SSSR count). The van der Waals surface area contributed by atoms with Crippen LogP contribution in [0.5, 0.6) is 5.75 Å². The summed E-state index contributed by atoms with van der Waals surface area (Å²) in [4.78, 5) is 54.8. The van der Waals surface area contributed by atoms with E-state index >= 15 is 0 Å². The van der Waals surface area contributed by atoms with E-state index in [1.54, 1.807) is 32.9 Å². The topological polar surface area (TPSA) is 151 Å². The van der Waals surface area contributed by atoms with Gasteiger partial charge in [-0.05, 0) is 95.5 Å². The van der Waals surface area contributed by atoms with Crippen molar-refractivity contribution in [3.8, 4) is 5.75 Å². The van der Waals surface area contributed by atoms with Gasteiger partial charge in [-0.3, -0.25) is 14.4 Å². The number of phenolic OH excluding ortho intramolecular Hbond substituents is 1. The maximum Gasteiger partial charge on any atom is 0.408 e. The van der Waals surface area contributed by atoms with Crippen LogP contribution in [-0.2, 0) is 19.1 Å². The average molecular weight is 597 g/mol. The van der Waals surface area contributed by atoms with E-state index in [0.717, 1.165) is 17.5 Å². The van der Waals surface area contributed by atoms with Crippen LogP contribution in [0.2, 0.25) is 0 Å². The molecular weight excluding hydrogens is 548 g/mol. The number of aromatic hydroxyl groups is 1. The minimum Gasteiger partial charge on any atom is -0.508 e. The van der Waals surface area contributed by atoms with E-state index in [4.69, 9.17) is 10.5 Å². The van der Waals surface area contributed by atoms with E-state index < -0.39 is 47.5 Å². The summed E-state index contributed by atoms with van der Waals surface area (Å²) in [5.74, 6) is -1.44. The second-order valence-corrected chi connectivity index (χ2v) is 12.5. The van der Waals surface area contributed by atoms with Crippen molar-refractivity contribution in [2.24, 2.45) is 11.7 Å². The predicted octanol–water partition coefficient (Wildman–Crippen LogP) is 5.50. The summed E-state index contributed by atoms with van der Waals surface area (Å²) in [7, 11) is 0. The molecule has 0 saturated heterocycles. The molecular formula is C33H48N4O6. The Bertz CT molecular complexity index is 1270. The van der Waals surface area contributed by atoms with Crippen LogP contribution in [0, 0.1) is 19.8 Å². The van der Waals surface area contributed by atoms with Crippen molar-refractivity contribution in [1.29, 1.82) is 0 Å². The zero-order valence-corrected chi connectivity index (χ0v) is 26.7. The summed E-state index contributed by atoms with van der Waals surface area (Å²) < 4.78 is 5.41. The Morgan fingerprint density at radius 1 is 0.953 bits per heavy atom. The highest BCUT2D eigenvalue weighted by Crippen LogP contribution is 2.31. The Balaban J connectivity index is 2.68. The number of carbonyl (C=O) groups excluding carboxylic acids is 4. The van der Waals surface area contributed by atoms with Crippen molar-refractivity contribution in [3.05, 3.63) is 59.2 Å². The van der Waals surface area contributed by atoms with E-state index in [0.29, 0.717) is 23.6 Å². The Hall–Kier alpha value is -4.08. The monoisotopic (exact) mass is 596 g/mol. The fourth-order valence-corrected chi connectivity index (χ4v) is 4.82. The van der Waals surface area contributed by atoms with E-state index in [-0.39, 0.29) is 18.6 Å². The summed E-state index contributed by atoms with van der Waals surface area (Å²) in [5.41, 5.74) is 7.29. The Morgan fingerprint density at radius 3 is 2.09 bits per heavy atom. The van der Waals surface area contributed by atoms with Gasteiger partial charge in [0.2, 0.25) is 11.8 Å². The molecule has 0 fully saturated rings. The number of hydrogen-bond acceptors (Lipinski definition) is 6. The number of alkyl carbamates (subject to hydrolysis) is 1. The zero-order valence-electron chi connectivity index (χ0n) is 26.7. The molecule has 4 amide bonds. The number of ether oxygens (including phenoxy) is 1. The Morgan fingerprint density at radius 2 is 1.56 bits per heavy atom. The van der Waals surface area contributed by atoms with Gasteiger partial charge >= 0.3 is 6.09 Å². The number of carbonyl (C=O) groups is 4. The first-order chi connectivity index (χ1) is 20.0. The highest BCUT2D eigenvalue weighted by atomic mass is 16.6. The Labute approximate surface area is 255 Å². The molecule has 43 heavy (non-hydrogen) atoms. The van der Waals surface area contributed by atoms with Crippen LogP contribution in [0.1, 0.15) is 90.0 Å². The second-order valence-electron chi connectivity index (χ2n) is 12.5. The standard InChI is InChI=1S/C33H48N4O6/c1-20(2)15-16-23(5)37(31(41)26(17-18-27(34)39)35-32(42)43-33(6,7)8)29(24-13-10-14-25(38)19-24)30(40)36-28-21(3)11-9-12-22(28)4/h9-14,19-20,23,26,29,38H,15-18H2,1-8H3,(H2,34,39)(H,35,42)(H,36,40). The van der Waals surface area contributed by atoms with E-state index in [9.17, 15) is 24.3 Å². The second kappa shape index (κ2) is 15.4. The maximum atomic E-state index is 14.5. The van der Waals surface area contributed by atoms with Gasteiger partial charge in [-0.25, -0.2) is 4.79 Å². The summed E-state index contributed by atoms with van der Waals surface area (Å²) in [6.07, 6.45) is 0.225. The highest BCUT2D eigenvalue weighted by Gasteiger charge is 2.39. The van der Waals surface area contributed by atoms with Gasteiger partial charge in [0.25, 0.3) is 5.91 Å². The summed E-state index contributed by atoms with van der Waals surface area (Å²) in [5, 5.41) is 16.0. The summed E-state index contributed by atoms with van der Waals surface area (Å²) >= 11 is 0.